The van der Waals surface area contributed by atoms with Crippen LogP contribution in [0.5, 0.6) is 0 Å². The van der Waals surface area contributed by atoms with Crippen molar-refractivity contribution in [3.05, 3.63) is 89.6 Å². The number of anilines is 1. The summed E-state index contributed by atoms with van der Waals surface area (Å²) < 4.78 is 18.5. The fourth-order valence-corrected chi connectivity index (χ4v) is 2.89. The summed E-state index contributed by atoms with van der Waals surface area (Å²) in [5.74, 6) is -0.444. The number of hydrogen-bond donors (Lipinski definition) is 1. The van der Waals surface area contributed by atoms with E-state index in [1.807, 2.05) is 19.1 Å². The Morgan fingerprint density at radius 1 is 1.00 bits per heavy atom. The molecular weight excluding hydrogens is 371 g/mol. The molecular formula is C23H23FN2O3. The zero-order valence-corrected chi connectivity index (χ0v) is 16.2. The summed E-state index contributed by atoms with van der Waals surface area (Å²) in [7, 11) is 0. The molecule has 0 bridgehead atoms. The van der Waals surface area contributed by atoms with Crippen LogP contribution in [0.25, 0.3) is 0 Å². The molecule has 3 aromatic rings. The number of amides is 2. The number of benzene rings is 2. The van der Waals surface area contributed by atoms with Crippen LogP contribution in [0.2, 0.25) is 0 Å². The molecule has 0 atom stereocenters. The molecule has 0 saturated carbocycles. The zero-order chi connectivity index (χ0) is 20.6. The second-order valence-corrected chi connectivity index (χ2v) is 6.69. The van der Waals surface area contributed by atoms with E-state index >= 15 is 0 Å². The summed E-state index contributed by atoms with van der Waals surface area (Å²) in [6, 6.07) is 16.5. The lowest BCUT2D eigenvalue weighted by atomic mass is 10.1. The van der Waals surface area contributed by atoms with Crippen LogP contribution in [0.4, 0.5) is 10.1 Å². The van der Waals surface area contributed by atoms with Crippen molar-refractivity contribution >= 4 is 17.5 Å². The van der Waals surface area contributed by atoms with Crippen molar-refractivity contribution in [1.29, 1.82) is 0 Å². The van der Waals surface area contributed by atoms with Crippen LogP contribution >= 0.6 is 0 Å². The Hall–Kier alpha value is -3.41. The number of nitrogens with zero attached hydrogens (tertiary/aromatic N) is 1. The van der Waals surface area contributed by atoms with Gasteiger partial charge in [0.15, 0.2) is 5.76 Å². The lowest BCUT2D eigenvalue weighted by molar-refractivity contribution is -0.120. The van der Waals surface area contributed by atoms with Crippen LogP contribution in [0, 0.1) is 5.82 Å². The van der Waals surface area contributed by atoms with Gasteiger partial charge < -0.3 is 14.6 Å². The van der Waals surface area contributed by atoms with Crippen molar-refractivity contribution in [2.45, 2.75) is 26.3 Å². The van der Waals surface area contributed by atoms with Crippen molar-refractivity contribution in [2.75, 3.05) is 11.4 Å². The summed E-state index contributed by atoms with van der Waals surface area (Å²) in [6.07, 6.45) is 2.61. The average molecular weight is 394 g/mol. The third kappa shape index (κ3) is 5.54. The van der Waals surface area contributed by atoms with E-state index in [1.165, 1.54) is 18.4 Å². The number of furan rings is 1. The van der Waals surface area contributed by atoms with Gasteiger partial charge in [-0.3, -0.25) is 9.59 Å². The van der Waals surface area contributed by atoms with E-state index < -0.39 is 0 Å². The Bertz CT molecular complexity index is 935. The molecule has 1 heterocycles. The molecule has 2 aromatic carbocycles. The smallest absolute Gasteiger partial charge is 0.294 e. The van der Waals surface area contributed by atoms with E-state index in [0.717, 1.165) is 17.5 Å². The molecule has 0 unspecified atom stereocenters. The lowest BCUT2D eigenvalue weighted by Gasteiger charge is -2.22. The van der Waals surface area contributed by atoms with Gasteiger partial charge in [0.05, 0.1) is 19.2 Å². The highest BCUT2D eigenvalue weighted by atomic mass is 19.1. The van der Waals surface area contributed by atoms with Crippen molar-refractivity contribution in [3.63, 3.8) is 0 Å². The fourth-order valence-electron chi connectivity index (χ4n) is 2.89. The first-order chi connectivity index (χ1) is 14.1. The fraction of sp³-hybridized carbons (Fsp3) is 0.217. The van der Waals surface area contributed by atoms with Gasteiger partial charge >= 0.3 is 0 Å². The van der Waals surface area contributed by atoms with E-state index in [2.05, 4.69) is 5.32 Å². The molecule has 0 fully saturated rings. The molecule has 2 amide bonds. The molecule has 150 valence electrons. The summed E-state index contributed by atoms with van der Waals surface area (Å²) in [6.45, 7) is 2.91. The standard InChI is InChI=1S/C23H23FN2O3/c1-2-13-25-22(27)15-17-7-11-20(12-8-17)26(23(28)21-4-3-14-29-21)16-18-5-9-19(24)10-6-18/h3-12,14H,2,13,15-16H2,1H3,(H,25,27). The largest absolute Gasteiger partial charge is 0.459 e. The third-order valence-electron chi connectivity index (χ3n) is 4.42. The number of rotatable bonds is 8. The molecule has 0 spiro atoms. The van der Waals surface area contributed by atoms with E-state index in [0.29, 0.717) is 12.2 Å². The molecule has 0 aliphatic carbocycles. The van der Waals surface area contributed by atoms with Gasteiger partial charge in [-0.15, -0.1) is 0 Å². The number of hydrogen-bond acceptors (Lipinski definition) is 3. The minimum absolute atomic E-state index is 0.0329. The molecule has 5 nitrogen and oxygen atoms in total. The predicted octanol–water partition coefficient (Wildman–Crippen LogP) is 4.33. The maximum Gasteiger partial charge on any atom is 0.294 e. The Morgan fingerprint density at radius 2 is 1.69 bits per heavy atom. The van der Waals surface area contributed by atoms with Crippen molar-refractivity contribution in [2.24, 2.45) is 0 Å². The zero-order valence-electron chi connectivity index (χ0n) is 16.2. The monoisotopic (exact) mass is 394 g/mol. The molecule has 6 heteroatoms. The van der Waals surface area contributed by atoms with Gasteiger partial charge in [-0.25, -0.2) is 4.39 Å². The highest BCUT2D eigenvalue weighted by Gasteiger charge is 2.20. The second kappa shape index (κ2) is 9.68. The van der Waals surface area contributed by atoms with Crippen LogP contribution in [0.1, 0.15) is 35.0 Å². The molecule has 0 saturated heterocycles. The molecule has 0 aliphatic heterocycles. The minimum Gasteiger partial charge on any atom is -0.459 e. The van der Waals surface area contributed by atoms with Crippen LogP contribution in [0.15, 0.2) is 71.3 Å². The lowest BCUT2D eigenvalue weighted by Crippen LogP contribution is -2.30. The molecule has 29 heavy (non-hydrogen) atoms. The number of halogens is 1. The van der Waals surface area contributed by atoms with Crippen LogP contribution in [0.3, 0.4) is 0 Å². The highest BCUT2D eigenvalue weighted by Crippen LogP contribution is 2.22. The number of nitrogens with one attached hydrogen (secondary N) is 1. The average Bonchev–Trinajstić information content (AvgIpc) is 3.27. The van der Waals surface area contributed by atoms with Crippen LogP contribution < -0.4 is 10.2 Å². The summed E-state index contributed by atoms with van der Waals surface area (Å²) >= 11 is 0. The van der Waals surface area contributed by atoms with Crippen molar-refractivity contribution in [3.8, 4) is 0 Å². The maximum atomic E-state index is 13.2. The van der Waals surface area contributed by atoms with Crippen LogP contribution in [-0.2, 0) is 17.8 Å². The SMILES string of the molecule is CCCNC(=O)Cc1ccc(N(Cc2ccc(F)cc2)C(=O)c2ccco2)cc1. The van der Waals surface area contributed by atoms with Gasteiger partial charge in [0, 0.05) is 12.2 Å². The van der Waals surface area contributed by atoms with Crippen molar-refractivity contribution in [1.82, 2.24) is 5.32 Å². The molecule has 0 aliphatic rings. The molecule has 1 N–H and O–H groups in total. The summed E-state index contributed by atoms with van der Waals surface area (Å²) in [4.78, 5) is 26.4. The van der Waals surface area contributed by atoms with E-state index in [4.69, 9.17) is 4.42 Å². The Labute approximate surface area is 169 Å². The van der Waals surface area contributed by atoms with Crippen LogP contribution in [-0.4, -0.2) is 18.4 Å². The number of carbonyl (C=O) groups excluding carboxylic acids is 2. The third-order valence-corrected chi connectivity index (χ3v) is 4.42. The Balaban J connectivity index is 1.80. The molecule has 1 aromatic heterocycles. The van der Waals surface area contributed by atoms with Gasteiger partial charge in [-0.2, -0.15) is 0 Å². The van der Waals surface area contributed by atoms with Gasteiger partial charge in [-0.05, 0) is 53.9 Å². The predicted molar refractivity (Wildman–Crippen MR) is 109 cm³/mol. The topological polar surface area (TPSA) is 62.6 Å². The molecule has 0 radical (unpaired) electrons. The summed E-state index contributed by atoms with van der Waals surface area (Å²) in [5, 5.41) is 2.85. The summed E-state index contributed by atoms with van der Waals surface area (Å²) in [5.41, 5.74) is 2.30. The first-order valence-corrected chi connectivity index (χ1v) is 9.52. The Morgan fingerprint density at radius 3 is 2.31 bits per heavy atom. The van der Waals surface area contributed by atoms with Crippen molar-refractivity contribution < 1.29 is 18.4 Å². The minimum atomic E-state index is -0.330. The first kappa shape index (κ1) is 20.3. The van der Waals surface area contributed by atoms with E-state index in [9.17, 15) is 14.0 Å². The number of carbonyl (C=O) groups is 2. The van der Waals surface area contributed by atoms with E-state index in [-0.39, 0.29) is 36.4 Å². The van der Waals surface area contributed by atoms with Gasteiger partial charge in [-0.1, -0.05) is 31.2 Å². The van der Waals surface area contributed by atoms with Gasteiger partial charge in [0.1, 0.15) is 5.82 Å². The maximum absolute atomic E-state index is 13.2. The second-order valence-electron chi connectivity index (χ2n) is 6.69. The normalized spacial score (nSPS) is 10.6. The highest BCUT2D eigenvalue weighted by molar-refractivity contribution is 6.04. The quantitative estimate of drug-likeness (QED) is 0.618. The molecule has 3 rings (SSSR count). The van der Waals surface area contributed by atoms with E-state index in [1.54, 1.807) is 41.3 Å². The first-order valence-electron chi connectivity index (χ1n) is 9.52. The Kier molecular flexibility index (Phi) is 6.79. The van der Waals surface area contributed by atoms with Gasteiger partial charge in [0.25, 0.3) is 5.91 Å². The van der Waals surface area contributed by atoms with Gasteiger partial charge in [0.2, 0.25) is 5.91 Å².